The highest BCUT2D eigenvalue weighted by atomic mass is 79.9. The maximum absolute atomic E-state index is 14.1. The lowest BCUT2D eigenvalue weighted by molar-refractivity contribution is -0.143. The number of nitrogens with zero attached hydrogens (tertiary/aromatic N) is 2. The Morgan fingerprint density at radius 2 is 1.88 bits per heavy atom. The third-order valence-electron chi connectivity index (χ3n) is 6.67. The molecule has 5 rings (SSSR count). The first-order valence-corrected chi connectivity index (χ1v) is 15.7. The van der Waals surface area contributed by atoms with Crippen LogP contribution in [0.5, 0.6) is 11.5 Å². The summed E-state index contributed by atoms with van der Waals surface area (Å²) in [6.07, 6.45) is 1.41. The molecule has 0 amide bonds. The van der Waals surface area contributed by atoms with Crippen LogP contribution in [0.2, 0.25) is 10.0 Å². The summed E-state index contributed by atoms with van der Waals surface area (Å²) < 4.78 is 20.1. The molecule has 0 aliphatic carbocycles. The molecule has 3 aromatic carbocycles. The van der Waals surface area contributed by atoms with Crippen LogP contribution in [-0.2, 0) is 16.1 Å². The third-order valence-corrected chi connectivity index (χ3v) is 8.74. The van der Waals surface area contributed by atoms with Crippen molar-refractivity contribution in [3.8, 4) is 11.5 Å². The average molecular weight is 702 g/mol. The summed E-state index contributed by atoms with van der Waals surface area (Å²) in [5.74, 6) is 0.547. The number of thiazole rings is 1. The van der Waals surface area contributed by atoms with Gasteiger partial charge in [0, 0.05) is 31.2 Å². The summed E-state index contributed by atoms with van der Waals surface area (Å²) >= 11 is 17.1. The quantitative estimate of drug-likeness (QED) is 0.188. The van der Waals surface area contributed by atoms with Gasteiger partial charge in [0.1, 0.15) is 24.1 Å². The van der Waals surface area contributed by atoms with Crippen molar-refractivity contribution in [1.29, 1.82) is 0 Å². The van der Waals surface area contributed by atoms with E-state index < -0.39 is 12.0 Å². The monoisotopic (exact) mass is 700 g/mol. The van der Waals surface area contributed by atoms with Crippen LogP contribution in [0.1, 0.15) is 43.5 Å². The lowest BCUT2D eigenvalue weighted by atomic mass is 9.95. The molecule has 11 heteroatoms. The van der Waals surface area contributed by atoms with Crippen LogP contribution < -0.4 is 24.4 Å². The Morgan fingerprint density at radius 3 is 2.60 bits per heavy atom. The fraction of sp³-hybridized carbons (Fsp3) is 0.219. The van der Waals surface area contributed by atoms with Crippen LogP contribution in [-0.4, -0.2) is 23.8 Å². The molecule has 1 atom stereocenters. The normalized spacial score (nSPS) is 14.9. The summed E-state index contributed by atoms with van der Waals surface area (Å²) in [5.41, 5.74) is 2.53. The highest BCUT2D eigenvalue weighted by Crippen LogP contribution is 2.37. The van der Waals surface area contributed by atoms with Gasteiger partial charge >= 0.3 is 5.97 Å². The number of carbonyl (C=O) groups excluding carboxylic acids is 1. The van der Waals surface area contributed by atoms with Crippen LogP contribution in [0.3, 0.4) is 0 Å². The molecule has 1 aliphatic heterocycles. The average Bonchev–Trinajstić information content (AvgIpc) is 3.26. The zero-order chi connectivity index (χ0) is 30.8. The van der Waals surface area contributed by atoms with E-state index in [0.29, 0.717) is 47.7 Å². The van der Waals surface area contributed by atoms with Crippen molar-refractivity contribution < 1.29 is 19.0 Å². The van der Waals surface area contributed by atoms with Crippen molar-refractivity contribution in [2.75, 3.05) is 7.11 Å². The fourth-order valence-electron chi connectivity index (χ4n) is 4.74. The van der Waals surface area contributed by atoms with E-state index in [1.807, 2.05) is 42.5 Å². The summed E-state index contributed by atoms with van der Waals surface area (Å²) in [5, 5.41) is 1.04. The zero-order valence-electron chi connectivity index (χ0n) is 23.7. The Bertz CT molecular complexity index is 1930. The van der Waals surface area contributed by atoms with Gasteiger partial charge < -0.3 is 14.2 Å². The van der Waals surface area contributed by atoms with Gasteiger partial charge in [0.2, 0.25) is 0 Å². The van der Waals surface area contributed by atoms with Crippen molar-refractivity contribution in [1.82, 2.24) is 4.57 Å². The molecule has 0 radical (unpaired) electrons. The van der Waals surface area contributed by atoms with Gasteiger partial charge in [-0.2, -0.15) is 0 Å². The van der Waals surface area contributed by atoms with Gasteiger partial charge in [-0.05, 0) is 63.2 Å². The van der Waals surface area contributed by atoms with Crippen molar-refractivity contribution in [2.45, 2.75) is 39.5 Å². The van der Waals surface area contributed by atoms with Gasteiger partial charge in [-0.3, -0.25) is 9.36 Å². The molecule has 2 heterocycles. The number of benzene rings is 3. The van der Waals surface area contributed by atoms with E-state index in [9.17, 15) is 9.59 Å². The second-order valence-corrected chi connectivity index (χ2v) is 12.8. The minimum Gasteiger partial charge on any atom is -0.496 e. The molecule has 0 saturated heterocycles. The molecule has 43 heavy (non-hydrogen) atoms. The second kappa shape index (κ2) is 13.1. The molecule has 1 aliphatic rings. The minimum atomic E-state index is -0.823. The van der Waals surface area contributed by atoms with Crippen molar-refractivity contribution in [3.63, 3.8) is 0 Å². The molecule has 4 aromatic rings. The highest BCUT2D eigenvalue weighted by molar-refractivity contribution is 9.10. The molecule has 0 bridgehead atoms. The zero-order valence-corrected chi connectivity index (χ0v) is 27.6. The van der Waals surface area contributed by atoms with Crippen LogP contribution in [0.25, 0.3) is 6.08 Å². The minimum absolute atomic E-state index is 0.214. The molecule has 0 unspecified atom stereocenters. The van der Waals surface area contributed by atoms with E-state index in [-0.39, 0.29) is 23.8 Å². The molecule has 0 saturated carbocycles. The lowest BCUT2D eigenvalue weighted by Gasteiger charge is -2.26. The third kappa shape index (κ3) is 6.60. The molecule has 1 aromatic heterocycles. The highest BCUT2D eigenvalue weighted by Gasteiger charge is 2.35. The molecule has 7 nitrogen and oxygen atoms in total. The maximum atomic E-state index is 14.1. The summed E-state index contributed by atoms with van der Waals surface area (Å²) in [7, 11) is 1.55. The second-order valence-electron chi connectivity index (χ2n) is 9.98. The van der Waals surface area contributed by atoms with Crippen LogP contribution in [0.4, 0.5) is 0 Å². The number of methoxy groups -OCH3 is 1. The molecule has 222 valence electrons. The number of aromatic nitrogens is 1. The standard InChI is InChI=1S/C32H27BrCl2N2O5S/c1-17(2)42-31(39)28-18(3)36-32-37(29(28)23-14-21(33)10-12-26(23)40-4)30(38)27(43-32)13-19-7-5-6-8-25(19)41-16-20-9-11-22(34)15-24(20)35/h5-15,17,29H,16H2,1-4H3/b27-13-/t29-/m0/s1. The maximum Gasteiger partial charge on any atom is 0.338 e. The lowest BCUT2D eigenvalue weighted by Crippen LogP contribution is -2.40. The number of fused-ring (bicyclic) bond motifs is 1. The SMILES string of the molecule is COc1ccc(Br)cc1[C@H]1C(C(=O)OC(C)C)=C(C)N=c2s/c(=C\c3ccccc3OCc3ccc(Cl)cc3Cl)c(=O)n21. The van der Waals surface area contributed by atoms with Crippen molar-refractivity contribution >= 4 is 62.5 Å². The topological polar surface area (TPSA) is 79.1 Å². The summed E-state index contributed by atoms with van der Waals surface area (Å²) in [6.45, 7) is 5.51. The van der Waals surface area contributed by atoms with Crippen LogP contribution >= 0.6 is 50.5 Å². The number of rotatable bonds is 8. The first-order chi connectivity index (χ1) is 20.6. The number of ether oxygens (including phenoxy) is 3. The molecular weight excluding hydrogens is 675 g/mol. The Kier molecular flexibility index (Phi) is 9.46. The van der Waals surface area contributed by atoms with E-state index in [1.54, 1.807) is 52.2 Å². The first kappa shape index (κ1) is 31.1. The predicted octanol–water partition coefficient (Wildman–Crippen LogP) is 6.84. The van der Waals surface area contributed by atoms with Gasteiger partial charge in [-0.1, -0.05) is 74.7 Å². The van der Waals surface area contributed by atoms with E-state index in [1.165, 1.54) is 15.9 Å². The number of hydrogen-bond acceptors (Lipinski definition) is 7. The largest absolute Gasteiger partial charge is 0.496 e. The first-order valence-electron chi connectivity index (χ1n) is 13.3. The van der Waals surface area contributed by atoms with Gasteiger partial charge in [-0.25, -0.2) is 9.79 Å². The summed E-state index contributed by atoms with van der Waals surface area (Å²) in [4.78, 5) is 32.7. The fourth-order valence-corrected chi connectivity index (χ4v) is 6.62. The van der Waals surface area contributed by atoms with Gasteiger partial charge in [0.25, 0.3) is 5.56 Å². The van der Waals surface area contributed by atoms with E-state index in [0.717, 1.165) is 10.0 Å². The number of hydrogen-bond donors (Lipinski definition) is 0. The van der Waals surface area contributed by atoms with Gasteiger partial charge in [0.05, 0.1) is 29.0 Å². The predicted molar refractivity (Wildman–Crippen MR) is 173 cm³/mol. The Morgan fingerprint density at radius 1 is 1.12 bits per heavy atom. The number of carbonyl (C=O) groups is 1. The molecular formula is C32H27BrCl2N2O5S. The van der Waals surface area contributed by atoms with E-state index in [4.69, 9.17) is 37.4 Å². The summed E-state index contributed by atoms with van der Waals surface area (Å²) in [6, 6.07) is 17.3. The Labute approximate surface area is 270 Å². The number of halogens is 3. The molecule has 0 fully saturated rings. The van der Waals surface area contributed by atoms with Crippen molar-refractivity contribution in [2.24, 2.45) is 4.99 Å². The number of para-hydroxylation sites is 1. The molecule has 0 N–H and O–H groups in total. The Hall–Kier alpha value is -3.37. The molecule has 0 spiro atoms. The number of esters is 1. The van der Waals surface area contributed by atoms with Gasteiger partial charge in [-0.15, -0.1) is 0 Å². The van der Waals surface area contributed by atoms with Crippen molar-refractivity contribution in [3.05, 3.63) is 123 Å². The van der Waals surface area contributed by atoms with Gasteiger partial charge in [0.15, 0.2) is 4.80 Å². The van der Waals surface area contributed by atoms with E-state index in [2.05, 4.69) is 20.9 Å². The van der Waals surface area contributed by atoms with Crippen LogP contribution in [0, 0.1) is 0 Å². The van der Waals surface area contributed by atoms with E-state index >= 15 is 0 Å². The number of allylic oxidation sites excluding steroid dienone is 1. The Balaban J connectivity index is 1.63. The van der Waals surface area contributed by atoms with Crippen LogP contribution in [0.15, 0.2) is 86.2 Å². The smallest absolute Gasteiger partial charge is 0.338 e.